The molecule has 1 fully saturated rings. The van der Waals surface area contributed by atoms with Gasteiger partial charge in [0.1, 0.15) is 5.82 Å². The number of morpholine rings is 1. The molecule has 0 saturated carbocycles. The molecule has 1 atom stereocenters. The first-order valence-electron chi connectivity index (χ1n) is 10.4. The van der Waals surface area contributed by atoms with Gasteiger partial charge in [-0.05, 0) is 29.8 Å². The van der Waals surface area contributed by atoms with Crippen molar-refractivity contribution in [1.29, 1.82) is 0 Å². The van der Waals surface area contributed by atoms with Gasteiger partial charge in [0.05, 0.1) is 36.5 Å². The Morgan fingerprint density at radius 3 is 2.77 bits per heavy atom. The molecule has 1 aromatic heterocycles. The topological polar surface area (TPSA) is 76.5 Å². The lowest BCUT2D eigenvalue weighted by atomic mass is 10.0. The molecule has 0 spiro atoms. The van der Waals surface area contributed by atoms with E-state index in [-0.39, 0.29) is 36.3 Å². The maximum atomic E-state index is 13.8. The third-order valence-corrected chi connectivity index (χ3v) is 5.52. The second kappa shape index (κ2) is 9.80. The van der Waals surface area contributed by atoms with Gasteiger partial charge in [-0.1, -0.05) is 24.3 Å². The second-order valence-corrected chi connectivity index (χ2v) is 7.53. The number of rotatable bonds is 7. The minimum absolute atomic E-state index is 0.145. The smallest absolute Gasteiger partial charge is 0.261 e. The van der Waals surface area contributed by atoms with E-state index in [9.17, 15) is 14.0 Å². The predicted octanol–water partition coefficient (Wildman–Crippen LogP) is 2.12. The van der Waals surface area contributed by atoms with E-state index >= 15 is 0 Å². The van der Waals surface area contributed by atoms with Crippen LogP contribution in [0.25, 0.3) is 10.9 Å². The highest BCUT2D eigenvalue weighted by Gasteiger charge is 2.23. The number of benzene rings is 2. The van der Waals surface area contributed by atoms with Gasteiger partial charge < -0.3 is 10.1 Å². The Balaban J connectivity index is 1.40. The van der Waals surface area contributed by atoms with Crippen molar-refractivity contribution in [3.63, 3.8) is 0 Å². The highest BCUT2D eigenvalue weighted by molar-refractivity contribution is 5.77. The fraction of sp³-hybridized carbons (Fsp3) is 0.348. The molecule has 162 valence electrons. The van der Waals surface area contributed by atoms with Crippen LogP contribution in [0.2, 0.25) is 0 Å². The Morgan fingerprint density at radius 1 is 1.16 bits per heavy atom. The number of aryl methyl sites for hydroxylation is 1. The zero-order valence-corrected chi connectivity index (χ0v) is 17.2. The molecule has 1 N–H and O–H groups in total. The predicted molar refractivity (Wildman–Crippen MR) is 115 cm³/mol. The van der Waals surface area contributed by atoms with Gasteiger partial charge in [-0.15, -0.1) is 0 Å². The quantitative estimate of drug-likeness (QED) is 0.629. The van der Waals surface area contributed by atoms with Gasteiger partial charge in [-0.2, -0.15) is 0 Å². The highest BCUT2D eigenvalue weighted by Crippen LogP contribution is 2.22. The van der Waals surface area contributed by atoms with Crippen molar-refractivity contribution in [3.05, 3.63) is 76.6 Å². The van der Waals surface area contributed by atoms with Crippen molar-refractivity contribution < 1.29 is 13.9 Å². The van der Waals surface area contributed by atoms with E-state index in [1.807, 2.05) is 12.1 Å². The monoisotopic (exact) mass is 424 g/mol. The summed E-state index contributed by atoms with van der Waals surface area (Å²) in [4.78, 5) is 31.6. The summed E-state index contributed by atoms with van der Waals surface area (Å²) in [6.45, 7) is 3.25. The fourth-order valence-electron chi connectivity index (χ4n) is 3.85. The van der Waals surface area contributed by atoms with Gasteiger partial charge >= 0.3 is 0 Å². The number of ether oxygens (including phenoxy) is 1. The summed E-state index contributed by atoms with van der Waals surface area (Å²) in [7, 11) is 0. The first kappa shape index (κ1) is 21.1. The third kappa shape index (κ3) is 5.15. The van der Waals surface area contributed by atoms with E-state index in [1.165, 1.54) is 23.0 Å². The van der Waals surface area contributed by atoms with Gasteiger partial charge in [0.15, 0.2) is 0 Å². The number of aromatic nitrogens is 2. The zero-order valence-electron chi connectivity index (χ0n) is 17.2. The number of carbonyl (C=O) groups excluding carboxylic acids is 1. The molecule has 1 unspecified atom stereocenters. The average molecular weight is 424 g/mol. The normalized spacial score (nSPS) is 15.6. The van der Waals surface area contributed by atoms with Gasteiger partial charge in [0.2, 0.25) is 5.91 Å². The van der Waals surface area contributed by atoms with Gasteiger partial charge in [0.25, 0.3) is 5.56 Å². The summed E-state index contributed by atoms with van der Waals surface area (Å²) in [6.07, 6.45) is 1.63. The Hall–Kier alpha value is -3.10. The summed E-state index contributed by atoms with van der Waals surface area (Å²) in [5.74, 6) is -0.472. The Bertz CT molecular complexity index is 1110. The summed E-state index contributed by atoms with van der Waals surface area (Å²) in [5, 5.41) is 3.48. The van der Waals surface area contributed by atoms with E-state index in [1.54, 1.807) is 24.3 Å². The van der Waals surface area contributed by atoms with Crippen molar-refractivity contribution in [2.75, 3.05) is 32.8 Å². The summed E-state index contributed by atoms with van der Waals surface area (Å²) >= 11 is 0. The van der Waals surface area contributed by atoms with Crippen LogP contribution in [-0.2, 0) is 16.1 Å². The van der Waals surface area contributed by atoms with Crippen LogP contribution in [0.3, 0.4) is 0 Å². The molecule has 2 heterocycles. The summed E-state index contributed by atoms with van der Waals surface area (Å²) in [6, 6.07) is 13.5. The summed E-state index contributed by atoms with van der Waals surface area (Å²) < 4.78 is 20.7. The summed E-state index contributed by atoms with van der Waals surface area (Å²) in [5.41, 5.74) is 1.29. The Morgan fingerprint density at radius 2 is 1.97 bits per heavy atom. The van der Waals surface area contributed by atoms with Crippen LogP contribution in [0.5, 0.6) is 0 Å². The molecule has 2 aromatic carbocycles. The van der Waals surface area contributed by atoms with Gasteiger partial charge in [-0.3, -0.25) is 19.1 Å². The van der Waals surface area contributed by atoms with Crippen LogP contribution in [0.4, 0.5) is 4.39 Å². The van der Waals surface area contributed by atoms with Crippen LogP contribution < -0.4 is 10.9 Å². The molecule has 8 heteroatoms. The highest BCUT2D eigenvalue weighted by atomic mass is 19.1. The number of nitrogens with one attached hydrogen (secondary N) is 1. The molecule has 3 aromatic rings. The lowest BCUT2D eigenvalue weighted by Gasteiger charge is -2.35. The standard InChI is InChI=1S/C23H25FN4O3/c24-18-5-3-4-17(14-18)21(27-10-12-31-13-11-27)15-25-22(29)8-9-28-16-26-20-7-2-1-6-19(20)23(28)30/h1-7,14,16,21H,8-13,15H2,(H,25,29). The Labute approximate surface area is 179 Å². The van der Waals surface area contributed by atoms with Gasteiger partial charge in [0, 0.05) is 32.6 Å². The van der Waals surface area contributed by atoms with Crippen molar-refractivity contribution in [1.82, 2.24) is 19.8 Å². The Kier molecular flexibility index (Phi) is 6.69. The van der Waals surface area contributed by atoms with Crippen molar-refractivity contribution in [3.8, 4) is 0 Å². The van der Waals surface area contributed by atoms with Crippen LogP contribution >= 0.6 is 0 Å². The van der Waals surface area contributed by atoms with E-state index in [0.29, 0.717) is 30.7 Å². The molecule has 31 heavy (non-hydrogen) atoms. The van der Waals surface area contributed by atoms with Crippen LogP contribution in [0.1, 0.15) is 18.0 Å². The fourth-order valence-corrected chi connectivity index (χ4v) is 3.85. The molecule has 7 nitrogen and oxygen atoms in total. The van der Waals surface area contributed by atoms with E-state index < -0.39 is 0 Å². The van der Waals surface area contributed by atoms with Crippen molar-refractivity contribution in [2.24, 2.45) is 0 Å². The number of halogens is 1. The van der Waals surface area contributed by atoms with Crippen LogP contribution in [-0.4, -0.2) is 53.2 Å². The SMILES string of the molecule is O=C(CCn1cnc2ccccc2c1=O)NCC(c1cccc(F)c1)N1CCOCC1. The molecular weight excluding hydrogens is 399 g/mol. The molecule has 0 aliphatic carbocycles. The largest absolute Gasteiger partial charge is 0.379 e. The van der Waals surface area contributed by atoms with Crippen LogP contribution in [0.15, 0.2) is 59.7 Å². The number of amides is 1. The number of carbonyl (C=O) groups is 1. The maximum absolute atomic E-state index is 13.8. The number of nitrogens with zero attached hydrogens (tertiary/aromatic N) is 3. The number of para-hydroxylation sites is 1. The van der Waals surface area contributed by atoms with E-state index in [2.05, 4.69) is 15.2 Å². The first-order valence-corrected chi connectivity index (χ1v) is 10.4. The molecule has 1 aliphatic heterocycles. The number of hydrogen-bond acceptors (Lipinski definition) is 5. The molecule has 0 bridgehead atoms. The minimum Gasteiger partial charge on any atom is -0.379 e. The number of fused-ring (bicyclic) bond motifs is 1. The van der Waals surface area contributed by atoms with E-state index in [4.69, 9.17) is 4.74 Å². The maximum Gasteiger partial charge on any atom is 0.261 e. The second-order valence-electron chi connectivity index (χ2n) is 7.53. The minimum atomic E-state index is -0.301. The van der Waals surface area contributed by atoms with Crippen molar-refractivity contribution >= 4 is 16.8 Å². The number of hydrogen-bond donors (Lipinski definition) is 1. The molecule has 4 rings (SSSR count). The molecule has 1 amide bonds. The average Bonchev–Trinajstić information content (AvgIpc) is 2.80. The lowest BCUT2D eigenvalue weighted by Crippen LogP contribution is -2.44. The molecule has 0 radical (unpaired) electrons. The van der Waals surface area contributed by atoms with E-state index in [0.717, 1.165) is 18.7 Å². The molecule has 1 saturated heterocycles. The molecule has 1 aliphatic rings. The zero-order chi connectivity index (χ0) is 21.6. The van der Waals surface area contributed by atoms with Crippen LogP contribution in [0, 0.1) is 5.82 Å². The van der Waals surface area contributed by atoms with Crippen molar-refractivity contribution in [2.45, 2.75) is 19.0 Å². The third-order valence-electron chi connectivity index (χ3n) is 5.52. The van der Waals surface area contributed by atoms with Gasteiger partial charge in [-0.25, -0.2) is 9.37 Å². The first-order chi connectivity index (χ1) is 15.1. The molecular formula is C23H25FN4O3. The lowest BCUT2D eigenvalue weighted by molar-refractivity contribution is -0.121.